The molecule has 0 aromatic heterocycles. The molecular formula is C22H26N2O3. The Balaban J connectivity index is 1.33. The molecule has 0 unspecified atom stereocenters. The summed E-state index contributed by atoms with van der Waals surface area (Å²) >= 11 is 0. The molecule has 3 N–H and O–H groups in total. The number of carbonyl (C=O) groups excluding carboxylic acids is 1. The van der Waals surface area contributed by atoms with Crippen molar-refractivity contribution < 1.29 is 14.6 Å². The van der Waals surface area contributed by atoms with Gasteiger partial charge in [-0.05, 0) is 42.0 Å². The molecule has 4 rings (SSSR count). The quantitative estimate of drug-likeness (QED) is 0.778. The number of nitrogens with one attached hydrogen (secondary N) is 2. The molecule has 0 spiro atoms. The van der Waals surface area contributed by atoms with Crippen molar-refractivity contribution in [2.75, 3.05) is 19.7 Å². The largest absolute Gasteiger partial charge is 0.449 e. The molecule has 2 aromatic carbocycles. The molecule has 2 aliphatic rings. The van der Waals surface area contributed by atoms with Crippen molar-refractivity contribution >= 4 is 6.09 Å². The van der Waals surface area contributed by atoms with E-state index in [1.807, 2.05) is 31.2 Å². The van der Waals surface area contributed by atoms with Crippen LogP contribution in [0.5, 0.6) is 0 Å². The number of hydrogen-bond acceptors (Lipinski definition) is 4. The Hall–Kier alpha value is -2.37. The number of benzene rings is 2. The molecular weight excluding hydrogens is 340 g/mol. The van der Waals surface area contributed by atoms with Crippen LogP contribution in [0.3, 0.4) is 0 Å². The van der Waals surface area contributed by atoms with Crippen LogP contribution in [0.15, 0.2) is 48.5 Å². The first kappa shape index (κ1) is 18.0. The molecule has 1 saturated heterocycles. The number of β-amino-alcohol motifs (C(OH)–C–C–N with tert-alkyl or cyclic N) is 1. The smallest absolute Gasteiger partial charge is 0.407 e. The number of fused-ring (bicyclic) bond motifs is 3. The van der Waals surface area contributed by atoms with Gasteiger partial charge in [0.2, 0.25) is 0 Å². The lowest BCUT2D eigenvalue weighted by Gasteiger charge is -2.34. The predicted octanol–water partition coefficient (Wildman–Crippen LogP) is 3.03. The lowest BCUT2D eigenvalue weighted by molar-refractivity contribution is 0.0241. The molecule has 2 atom stereocenters. The summed E-state index contributed by atoms with van der Waals surface area (Å²) in [6.45, 7) is 3.21. The van der Waals surface area contributed by atoms with E-state index in [0.29, 0.717) is 19.7 Å². The normalized spacial score (nSPS) is 24.1. The van der Waals surface area contributed by atoms with Crippen LogP contribution in [-0.4, -0.2) is 42.5 Å². The molecule has 1 heterocycles. The maximum absolute atomic E-state index is 12.2. The van der Waals surface area contributed by atoms with Gasteiger partial charge in [-0.1, -0.05) is 48.5 Å². The lowest BCUT2D eigenvalue weighted by atomic mass is 9.92. The zero-order valence-corrected chi connectivity index (χ0v) is 15.6. The Morgan fingerprint density at radius 1 is 1.19 bits per heavy atom. The van der Waals surface area contributed by atoms with Gasteiger partial charge >= 0.3 is 6.09 Å². The van der Waals surface area contributed by atoms with Crippen molar-refractivity contribution in [3.63, 3.8) is 0 Å². The van der Waals surface area contributed by atoms with E-state index in [4.69, 9.17) is 4.74 Å². The summed E-state index contributed by atoms with van der Waals surface area (Å²) < 4.78 is 5.54. The fourth-order valence-corrected chi connectivity index (χ4v) is 4.07. The van der Waals surface area contributed by atoms with Crippen molar-refractivity contribution in [2.45, 2.75) is 37.3 Å². The molecule has 2 aromatic rings. The number of ether oxygens (including phenoxy) is 1. The molecule has 1 fully saturated rings. The van der Waals surface area contributed by atoms with Crippen LogP contribution in [0.4, 0.5) is 4.79 Å². The molecule has 0 bridgehead atoms. The van der Waals surface area contributed by atoms with Crippen molar-refractivity contribution in [1.29, 1.82) is 0 Å². The van der Waals surface area contributed by atoms with Crippen molar-refractivity contribution in [3.05, 3.63) is 59.7 Å². The van der Waals surface area contributed by atoms with Crippen LogP contribution in [0.1, 0.15) is 36.8 Å². The van der Waals surface area contributed by atoms with Crippen molar-refractivity contribution in [1.82, 2.24) is 10.6 Å². The summed E-state index contributed by atoms with van der Waals surface area (Å²) in [6.07, 6.45) is 1.17. The van der Waals surface area contributed by atoms with E-state index in [0.717, 1.165) is 12.8 Å². The van der Waals surface area contributed by atoms with Gasteiger partial charge in [0.05, 0.1) is 5.60 Å². The fraction of sp³-hybridized carbons (Fsp3) is 0.409. The summed E-state index contributed by atoms with van der Waals surface area (Å²) in [4.78, 5) is 12.2. The third kappa shape index (κ3) is 3.84. The first-order valence-corrected chi connectivity index (χ1v) is 9.58. The minimum Gasteiger partial charge on any atom is -0.449 e. The van der Waals surface area contributed by atoms with Gasteiger partial charge in [-0.25, -0.2) is 4.79 Å². The van der Waals surface area contributed by atoms with Gasteiger partial charge in [-0.3, -0.25) is 0 Å². The number of rotatable bonds is 4. The Morgan fingerprint density at radius 2 is 1.81 bits per heavy atom. The second-order valence-electron chi connectivity index (χ2n) is 7.82. The number of amides is 1. The predicted molar refractivity (Wildman–Crippen MR) is 105 cm³/mol. The second-order valence-corrected chi connectivity index (χ2v) is 7.82. The lowest BCUT2D eigenvalue weighted by Crippen LogP contribution is -2.52. The molecule has 27 heavy (non-hydrogen) atoms. The van der Waals surface area contributed by atoms with E-state index < -0.39 is 11.7 Å². The van der Waals surface area contributed by atoms with Gasteiger partial charge in [-0.2, -0.15) is 0 Å². The minimum atomic E-state index is -0.653. The van der Waals surface area contributed by atoms with Crippen LogP contribution in [0.25, 0.3) is 11.1 Å². The van der Waals surface area contributed by atoms with Crippen LogP contribution in [-0.2, 0) is 4.74 Å². The van der Waals surface area contributed by atoms with Gasteiger partial charge in [0.25, 0.3) is 0 Å². The number of hydrogen-bond donors (Lipinski definition) is 3. The molecule has 142 valence electrons. The number of aliphatic hydroxyl groups is 1. The van der Waals surface area contributed by atoms with Gasteiger partial charge in [0, 0.05) is 25.0 Å². The van der Waals surface area contributed by atoms with E-state index in [1.165, 1.54) is 22.3 Å². The molecule has 5 heteroatoms. The average Bonchev–Trinajstić information content (AvgIpc) is 2.99. The molecule has 1 aliphatic carbocycles. The Morgan fingerprint density at radius 3 is 2.41 bits per heavy atom. The Labute approximate surface area is 159 Å². The highest BCUT2D eigenvalue weighted by molar-refractivity contribution is 5.79. The topological polar surface area (TPSA) is 70.6 Å². The highest BCUT2D eigenvalue weighted by atomic mass is 16.5. The van der Waals surface area contributed by atoms with Gasteiger partial charge in [-0.15, -0.1) is 0 Å². The average molecular weight is 366 g/mol. The summed E-state index contributed by atoms with van der Waals surface area (Å²) in [5.74, 6) is 0.0750. The molecule has 1 aliphatic heterocycles. The van der Waals surface area contributed by atoms with E-state index >= 15 is 0 Å². The van der Waals surface area contributed by atoms with E-state index in [2.05, 4.69) is 34.9 Å². The van der Waals surface area contributed by atoms with Crippen molar-refractivity contribution in [3.8, 4) is 11.1 Å². The number of piperidine rings is 1. The van der Waals surface area contributed by atoms with Crippen LogP contribution in [0, 0.1) is 0 Å². The van der Waals surface area contributed by atoms with Crippen molar-refractivity contribution in [2.24, 2.45) is 0 Å². The van der Waals surface area contributed by atoms with E-state index in [9.17, 15) is 9.90 Å². The zero-order chi connectivity index (χ0) is 18.9. The summed E-state index contributed by atoms with van der Waals surface area (Å²) in [5, 5.41) is 16.1. The number of alkyl carbamates (subject to hydrolysis) is 1. The Bertz CT molecular complexity index is 778. The first-order valence-electron chi connectivity index (χ1n) is 9.58. The molecule has 0 saturated carbocycles. The Kier molecular flexibility index (Phi) is 4.89. The summed E-state index contributed by atoms with van der Waals surface area (Å²) in [5.41, 5.74) is 4.21. The van der Waals surface area contributed by atoms with Crippen LogP contribution in [0.2, 0.25) is 0 Å². The zero-order valence-electron chi connectivity index (χ0n) is 15.6. The maximum atomic E-state index is 12.2. The monoisotopic (exact) mass is 366 g/mol. The van der Waals surface area contributed by atoms with Gasteiger partial charge in [0.1, 0.15) is 6.61 Å². The van der Waals surface area contributed by atoms with Gasteiger partial charge < -0.3 is 20.5 Å². The third-order valence-electron chi connectivity index (χ3n) is 5.64. The van der Waals surface area contributed by atoms with E-state index in [-0.39, 0.29) is 12.0 Å². The molecule has 0 radical (unpaired) electrons. The standard InChI is InChI=1S/C22H26N2O3/c1-22(26)11-10-15(24-14-22)12-23-21(25)27-13-20-18-8-4-2-6-16(18)17-7-3-5-9-19(17)20/h2-9,15,20,24,26H,10-14H2,1H3,(H,23,25)/t15-,22-/m1/s1. The van der Waals surface area contributed by atoms with E-state index in [1.54, 1.807) is 0 Å². The summed E-state index contributed by atoms with van der Waals surface area (Å²) in [6, 6.07) is 16.8. The minimum absolute atomic E-state index is 0.0750. The van der Waals surface area contributed by atoms with Gasteiger partial charge in [0.15, 0.2) is 0 Å². The van der Waals surface area contributed by atoms with Crippen LogP contribution < -0.4 is 10.6 Å². The highest BCUT2D eigenvalue weighted by Crippen LogP contribution is 2.44. The summed E-state index contributed by atoms with van der Waals surface area (Å²) in [7, 11) is 0. The SMILES string of the molecule is C[C@@]1(O)CC[C@H](CNC(=O)OCC2c3ccccc3-c3ccccc32)NC1. The highest BCUT2D eigenvalue weighted by Gasteiger charge is 2.30. The third-order valence-corrected chi connectivity index (χ3v) is 5.64. The first-order chi connectivity index (χ1) is 13.0. The fourth-order valence-electron chi connectivity index (χ4n) is 4.07. The second kappa shape index (κ2) is 7.33. The maximum Gasteiger partial charge on any atom is 0.407 e. The van der Waals surface area contributed by atoms with Crippen LogP contribution >= 0.6 is 0 Å². The molecule has 1 amide bonds. The molecule has 5 nitrogen and oxygen atoms in total. The number of carbonyl (C=O) groups is 1.